The van der Waals surface area contributed by atoms with Gasteiger partial charge in [0.1, 0.15) is 5.82 Å². The Balaban J connectivity index is 2.12. The van der Waals surface area contributed by atoms with Gasteiger partial charge in [-0.2, -0.15) is 0 Å². The minimum absolute atomic E-state index is 0.189. The maximum absolute atomic E-state index is 13.4. The van der Waals surface area contributed by atoms with Crippen LogP contribution in [0, 0.1) is 12.7 Å². The van der Waals surface area contributed by atoms with E-state index >= 15 is 0 Å². The first-order valence-corrected chi connectivity index (χ1v) is 6.95. The molecule has 1 N–H and O–H groups in total. The summed E-state index contributed by atoms with van der Waals surface area (Å²) in [7, 11) is 0. The summed E-state index contributed by atoms with van der Waals surface area (Å²) in [6, 6.07) is 9.47. The van der Waals surface area contributed by atoms with Crippen molar-refractivity contribution < 1.29 is 4.39 Å². The Kier molecular flexibility index (Phi) is 3.84. The van der Waals surface area contributed by atoms with E-state index in [1.807, 2.05) is 6.07 Å². The largest absolute Gasteiger partial charge is 0.378 e. The zero-order valence-corrected chi connectivity index (χ0v) is 12.0. The molecule has 0 aliphatic carbocycles. The van der Waals surface area contributed by atoms with Crippen molar-refractivity contribution in [2.75, 3.05) is 5.32 Å². The second kappa shape index (κ2) is 5.19. The van der Waals surface area contributed by atoms with E-state index in [1.165, 1.54) is 15.8 Å². The fourth-order valence-corrected chi connectivity index (χ4v) is 2.72. The molecular weight excluding hydrogens is 301 g/mol. The van der Waals surface area contributed by atoms with E-state index in [9.17, 15) is 4.39 Å². The minimum atomic E-state index is -0.246. The lowest BCUT2D eigenvalue weighted by molar-refractivity contribution is 0.621. The fourth-order valence-electron chi connectivity index (χ4n) is 1.59. The first-order chi connectivity index (χ1) is 8.06. The molecule has 1 nitrogen and oxygen atoms in total. The van der Waals surface area contributed by atoms with Gasteiger partial charge in [-0.05, 0) is 60.1 Å². The molecule has 0 spiro atoms. The molecule has 1 heterocycles. The highest BCUT2D eigenvalue weighted by Gasteiger charge is 2.08. The Labute approximate surface area is 113 Å². The summed E-state index contributed by atoms with van der Waals surface area (Å²) in [5, 5.41) is 3.29. The fraction of sp³-hybridized carbons (Fsp3) is 0.231. The lowest BCUT2D eigenvalue weighted by Crippen LogP contribution is -2.04. The molecule has 0 saturated heterocycles. The zero-order chi connectivity index (χ0) is 12.4. The van der Waals surface area contributed by atoms with Crippen molar-refractivity contribution in [3.05, 3.63) is 50.4 Å². The number of benzene rings is 1. The summed E-state index contributed by atoms with van der Waals surface area (Å²) in [6.45, 7) is 4.16. The van der Waals surface area contributed by atoms with Gasteiger partial charge in [-0.15, -0.1) is 11.3 Å². The number of anilines is 1. The summed E-state index contributed by atoms with van der Waals surface area (Å²) in [4.78, 5) is 2.54. The highest BCUT2D eigenvalue weighted by atomic mass is 79.9. The molecule has 0 saturated carbocycles. The van der Waals surface area contributed by atoms with Crippen LogP contribution < -0.4 is 5.32 Å². The third-order valence-corrected chi connectivity index (χ3v) is 4.32. The Morgan fingerprint density at radius 2 is 2.06 bits per heavy atom. The molecular formula is C13H13BrFNS. The Bertz CT molecular complexity index is 524. The SMILES string of the molecule is Cc1ccc(C(C)Nc2ccc(Br)c(F)c2)s1. The van der Waals surface area contributed by atoms with Crippen LogP contribution in [-0.2, 0) is 0 Å². The first kappa shape index (κ1) is 12.6. The second-order valence-electron chi connectivity index (χ2n) is 3.94. The molecule has 0 bridgehead atoms. The number of rotatable bonds is 3. The number of hydrogen-bond acceptors (Lipinski definition) is 2. The predicted molar refractivity (Wildman–Crippen MR) is 75.2 cm³/mol. The standard InChI is InChI=1S/C13H13BrFNS/c1-8-3-6-13(17-8)9(2)16-10-4-5-11(14)12(15)7-10/h3-7,9,16H,1-2H3. The van der Waals surface area contributed by atoms with Gasteiger partial charge in [0.05, 0.1) is 10.5 Å². The molecule has 0 aliphatic heterocycles. The van der Waals surface area contributed by atoms with Gasteiger partial charge in [0.2, 0.25) is 0 Å². The van der Waals surface area contributed by atoms with Crippen LogP contribution in [0.1, 0.15) is 22.7 Å². The average molecular weight is 314 g/mol. The second-order valence-corrected chi connectivity index (χ2v) is 6.12. The van der Waals surface area contributed by atoms with Crippen molar-refractivity contribution in [1.29, 1.82) is 0 Å². The molecule has 4 heteroatoms. The molecule has 1 aromatic heterocycles. The van der Waals surface area contributed by atoms with Gasteiger partial charge < -0.3 is 5.32 Å². The van der Waals surface area contributed by atoms with Gasteiger partial charge >= 0.3 is 0 Å². The van der Waals surface area contributed by atoms with Crippen molar-refractivity contribution >= 4 is 33.0 Å². The van der Waals surface area contributed by atoms with Crippen molar-refractivity contribution in [2.24, 2.45) is 0 Å². The molecule has 1 atom stereocenters. The third-order valence-electron chi connectivity index (χ3n) is 2.49. The third kappa shape index (κ3) is 3.07. The average Bonchev–Trinajstić information content (AvgIpc) is 2.70. The zero-order valence-electron chi connectivity index (χ0n) is 9.63. The molecule has 2 aromatic rings. The van der Waals surface area contributed by atoms with E-state index in [0.29, 0.717) is 4.47 Å². The van der Waals surface area contributed by atoms with E-state index in [4.69, 9.17) is 0 Å². The summed E-state index contributed by atoms with van der Waals surface area (Å²) >= 11 is 4.90. The highest BCUT2D eigenvalue weighted by Crippen LogP contribution is 2.27. The maximum atomic E-state index is 13.4. The monoisotopic (exact) mass is 313 g/mol. The van der Waals surface area contributed by atoms with Gasteiger partial charge in [-0.3, -0.25) is 0 Å². The summed E-state index contributed by atoms with van der Waals surface area (Å²) in [5.41, 5.74) is 0.796. The number of nitrogens with one attached hydrogen (secondary N) is 1. The van der Waals surface area contributed by atoms with Gasteiger partial charge in [-0.25, -0.2) is 4.39 Å². The molecule has 17 heavy (non-hydrogen) atoms. The molecule has 90 valence electrons. The normalized spacial score (nSPS) is 12.5. The summed E-state index contributed by atoms with van der Waals surface area (Å²) in [6.07, 6.45) is 0. The van der Waals surface area contributed by atoms with Crippen LogP contribution >= 0.6 is 27.3 Å². The van der Waals surface area contributed by atoms with Crippen molar-refractivity contribution in [3.63, 3.8) is 0 Å². The molecule has 0 amide bonds. The van der Waals surface area contributed by atoms with Crippen LogP contribution in [0.2, 0.25) is 0 Å². The van der Waals surface area contributed by atoms with Crippen molar-refractivity contribution in [2.45, 2.75) is 19.9 Å². The number of thiophene rings is 1. The van der Waals surface area contributed by atoms with Crippen LogP contribution in [0.4, 0.5) is 10.1 Å². The van der Waals surface area contributed by atoms with Crippen LogP contribution in [0.5, 0.6) is 0 Å². The first-order valence-electron chi connectivity index (χ1n) is 5.34. The van der Waals surface area contributed by atoms with Crippen LogP contribution in [0.25, 0.3) is 0 Å². The van der Waals surface area contributed by atoms with E-state index < -0.39 is 0 Å². The number of aryl methyl sites for hydroxylation is 1. The van der Waals surface area contributed by atoms with Gasteiger partial charge in [0.25, 0.3) is 0 Å². The maximum Gasteiger partial charge on any atom is 0.139 e. The molecule has 2 rings (SSSR count). The molecule has 0 aliphatic rings. The van der Waals surface area contributed by atoms with Gasteiger partial charge in [0.15, 0.2) is 0 Å². The number of hydrogen-bond donors (Lipinski definition) is 1. The Morgan fingerprint density at radius 3 is 2.65 bits per heavy atom. The molecule has 1 aromatic carbocycles. The topological polar surface area (TPSA) is 12.0 Å². The van der Waals surface area contributed by atoms with E-state index in [2.05, 4.69) is 47.2 Å². The van der Waals surface area contributed by atoms with Crippen LogP contribution in [0.15, 0.2) is 34.8 Å². The lowest BCUT2D eigenvalue weighted by atomic mass is 10.2. The van der Waals surface area contributed by atoms with E-state index in [0.717, 1.165) is 5.69 Å². The highest BCUT2D eigenvalue weighted by molar-refractivity contribution is 9.10. The predicted octanol–water partition coefficient (Wildman–Crippen LogP) is 5.13. The van der Waals surface area contributed by atoms with Gasteiger partial charge in [0, 0.05) is 15.4 Å². The van der Waals surface area contributed by atoms with Crippen LogP contribution in [-0.4, -0.2) is 0 Å². The Morgan fingerprint density at radius 1 is 1.29 bits per heavy atom. The van der Waals surface area contributed by atoms with Crippen molar-refractivity contribution in [1.82, 2.24) is 0 Å². The smallest absolute Gasteiger partial charge is 0.139 e. The molecule has 0 radical (unpaired) electrons. The Hall–Kier alpha value is -0.870. The van der Waals surface area contributed by atoms with Crippen LogP contribution in [0.3, 0.4) is 0 Å². The lowest BCUT2D eigenvalue weighted by Gasteiger charge is -2.14. The van der Waals surface area contributed by atoms with E-state index in [1.54, 1.807) is 17.4 Å². The van der Waals surface area contributed by atoms with E-state index in [-0.39, 0.29) is 11.9 Å². The quantitative estimate of drug-likeness (QED) is 0.828. The summed E-state index contributed by atoms with van der Waals surface area (Å²) in [5.74, 6) is -0.246. The van der Waals surface area contributed by atoms with Gasteiger partial charge in [-0.1, -0.05) is 0 Å². The number of halogens is 2. The minimum Gasteiger partial charge on any atom is -0.378 e. The molecule has 1 unspecified atom stereocenters. The molecule has 0 fully saturated rings. The summed E-state index contributed by atoms with van der Waals surface area (Å²) < 4.78 is 13.8. The van der Waals surface area contributed by atoms with Crippen molar-refractivity contribution in [3.8, 4) is 0 Å².